The molecule has 136 valence electrons. The van der Waals surface area contributed by atoms with Gasteiger partial charge in [0.15, 0.2) is 0 Å². The molecule has 0 amide bonds. The van der Waals surface area contributed by atoms with Crippen molar-refractivity contribution in [3.8, 4) is 0 Å². The number of benzene rings is 2. The molecule has 3 aromatic rings. The zero-order valence-electron chi connectivity index (χ0n) is 12.5. The lowest BCUT2D eigenvalue weighted by Crippen LogP contribution is -2.06. The summed E-state index contributed by atoms with van der Waals surface area (Å²) in [5.74, 6) is -0.288. The molecule has 3 N–H and O–H groups in total. The van der Waals surface area contributed by atoms with Crippen LogP contribution in [0.5, 0.6) is 0 Å². The quantitative estimate of drug-likeness (QED) is 0.546. The van der Waals surface area contributed by atoms with Crippen LogP contribution in [-0.2, 0) is 20.2 Å². The molecule has 0 fully saturated rings. The zero-order valence-corrected chi connectivity index (χ0v) is 14.2. The lowest BCUT2D eigenvalue weighted by molar-refractivity contribution is 0.481. The van der Waals surface area contributed by atoms with Gasteiger partial charge in [0.25, 0.3) is 20.2 Å². The van der Waals surface area contributed by atoms with Crippen molar-refractivity contribution >= 4 is 42.6 Å². The summed E-state index contributed by atoms with van der Waals surface area (Å²) < 4.78 is 78.4. The van der Waals surface area contributed by atoms with Crippen molar-refractivity contribution in [2.45, 2.75) is 9.79 Å². The van der Waals surface area contributed by atoms with E-state index in [1.54, 1.807) is 0 Å². The number of halogens is 1. The molecule has 0 aliphatic carbocycles. The highest BCUT2D eigenvalue weighted by molar-refractivity contribution is 7.86. The van der Waals surface area contributed by atoms with Crippen LogP contribution in [0.4, 0.5) is 16.0 Å². The van der Waals surface area contributed by atoms with Crippen molar-refractivity contribution < 1.29 is 30.3 Å². The summed E-state index contributed by atoms with van der Waals surface area (Å²) in [5, 5.41) is 2.07. The summed E-state index contributed by atoms with van der Waals surface area (Å²) in [6, 6.07) is 5.57. The Hall–Kier alpha value is -2.74. The largest absolute Gasteiger partial charge is 0.323 e. The lowest BCUT2D eigenvalue weighted by Gasteiger charge is -2.13. The Bertz CT molecular complexity index is 1230. The molecule has 0 bridgehead atoms. The number of hydrogen-bond donors (Lipinski definition) is 3. The number of anilines is 2. The Morgan fingerprint density at radius 3 is 2.23 bits per heavy atom. The maximum Gasteiger partial charge on any atom is 0.313 e. The highest BCUT2D eigenvalue weighted by Gasteiger charge is 2.22. The second-order valence-electron chi connectivity index (χ2n) is 4.94. The van der Waals surface area contributed by atoms with E-state index in [4.69, 9.17) is 0 Å². The summed E-state index contributed by atoms with van der Waals surface area (Å²) >= 11 is 0. The fraction of sp³-hybridized carbons (Fsp3) is 0. The number of aromatic nitrogens is 3. The van der Waals surface area contributed by atoms with Gasteiger partial charge in [-0.05, 0) is 18.2 Å². The first-order valence-electron chi connectivity index (χ1n) is 6.69. The van der Waals surface area contributed by atoms with Gasteiger partial charge in [-0.25, -0.2) is 4.98 Å². The minimum absolute atomic E-state index is 0.0498. The van der Waals surface area contributed by atoms with Crippen LogP contribution in [0.1, 0.15) is 0 Å². The van der Waals surface area contributed by atoms with Gasteiger partial charge in [0.05, 0.1) is 5.69 Å². The third kappa shape index (κ3) is 3.45. The van der Waals surface area contributed by atoms with Gasteiger partial charge in [0.2, 0.25) is 5.95 Å². The smallest absolute Gasteiger partial charge is 0.313 e. The van der Waals surface area contributed by atoms with Crippen LogP contribution in [0, 0.1) is 6.08 Å². The molecule has 0 unspecified atom stereocenters. The lowest BCUT2D eigenvalue weighted by atomic mass is 10.1. The summed E-state index contributed by atoms with van der Waals surface area (Å²) in [6.45, 7) is 0. The maximum absolute atomic E-state index is 13.1. The number of hydrogen-bond acceptors (Lipinski definition) is 8. The Labute approximate surface area is 146 Å². The monoisotopic (exact) mass is 400 g/mol. The van der Waals surface area contributed by atoms with Crippen molar-refractivity contribution in [3.63, 3.8) is 0 Å². The number of nitrogens with one attached hydrogen (secondary N) is 1. The standard InChI is InChI=1S/C13H9FN4O6S2/c14-12-15-6-16-13(18-12)17-8-4-5-9(25(19,20)21)7-2-1-3-10(11(7)8)26(22,23)24/h1-6H,(H,19,20,21)(H,22,23,24)(H,15,16,17,18). The van der Waals surface area contributed by atoms with Gasteiger partial charge in [-0.2, -0.15) is 31.2 Å². The van der Waals surface area contributed by atoms with E-state index in [0.29, 0.717) is 0 Å². The van der Waals surface area contributed by atoms with E-state index in [0.717, 1.165) is 24.5 Å². The van der Waals surface area contributed by atoms with Crippen molar-refractivity contribution in [1.82, 2.24) is 15.0 Å². The maximum atomic E-state index is 13.1. The minimum atomic E-state index is -4.76. The van der Waals surface area contributed by atoms with E-state index in [-0.39, 0.29) is 22.4 Å². The number of nitrogens with zero attached hydrogens (tertiary/aromatic N) is 3. The topological polar surface area (TPSA) is 159 Å². The zero-order chi connectivity index (χ0) is 19.1. The highest BCUT2D eigenvalue weighted by atomic mass is 32.2. The Morgan fingerprint density at radius 2 is 1.62 bits per heavy atom. The average Bonchev–Trinajstić information content (AvgIpc) is 2.52. The molecular weight excluding hydrogens is 391 g/mol. The predicted molar refractivity (Wildman–Crippen MR) is 86.6 cm³/mol. The van der Waals surface area contributed by atoms with Crippen molar-refractivity contribution in [2.75, 3.05) is 5.32 Å². The van der Waals surface area contributed by atoms with Crippen LogP contribution in [0.3, 0.4) is 0 Å². The first-order chi connectivity index (χ1) is 12.1. The molecule has 0 aliphatic heterocycles. The highest BCUT2D eigenvalue weighted by Crippen LogP contribution is 2.35. The molecule has 26 heavy (non-hydrogen) atoms. The second kappa shape index (κ2) is 6.21. The molecule has 0 atom stereocenters. The van der Waals surface area contributed by atoms with E-state index in [1.165, 1.54) is 12.1 Å². The molecule has 3 rings (SSSR count). The molecule has 0 aliphatic rings. The molecule has 1 aromatic heterocycles. The number of fused-ring (bicyclic) bond motifs is 1. The summed E-state index contributed by atoms with van der Waals surface area (Å²) in [6.07, 6.45) is -0.236. The van der Waals surface area contributed by atoms with Crippen LogP contribution in [0.2, 0.25) is 0 Å². The fourth-order valence-corrected chi connectivity index (χ4v) is 3.76. The van der Waals surface area contributed by atoms with E-state index in [9.17, 15) is 30.3 Å². The summed E-state index contributed by atoms with van der Waals surface area (Å²) in [5.41, 5.74) is -0.0498. The Kier molecular flexibility index (Phi) is 4.31. The summed E-state index contributed by atoms with van der Waals surface area (Å²) in [4.78, 5) is 8.97. The molecule has 10 nitrogen and oxygen atoms in total. The first-order valence-corrected chi connectivity index (χ1v) is 9.57. The van der Waals surface area contributed by atoms with Gasteiger partial charge in [0.1, 0.15) is 16.1 Å². The van der Waals surface area contributed by atoms with Crippen molar-refractivity contribution in [1.29, 1.82) is 0 Å². The predicted octanol–water partition coefficient (Wildman–Crippen LogP) is 1.40. The van der Waals surface area contributed by atoms with E-state index < -0.39 is 36.1 Å². The van der Waals surface area contributed by atoms with Gasteiger partial charge in [-0.1, -0.05) is 12.1 Å². The van der Waals surface area contributed by atoms with Crippen LogP contribution < -0.4 is 5.32 Å². The molecule has 0 spiro atoms. The normalized spacial score (nSPS) is 12.3. The minimum Gasteiger partial charge on any atom is -0.323 e. The van der Waals surface area contributed by atoms with Crippen LogP contribution in [-0.4, -0.2) is 40.9 Å². The molecule has 1 heterocycles. The van der Waals surface area contributed by atoms with Gasteiger partial charge >= 0.3 is 6.08 Å². The molecule has 0 saturated heterocycles. The average molecular weight is 400 g/mol. The van der Waals surface area contributed by atoms with Gasteiger partial charge in [0, 0.05) is 10.8 Å². The van der Waals surface area contributed by atoms with Crippen LogP contribution in [0.15, 0.2) is 46.5 Å². The van der Waals surface area contributed by atoms with Gasteiger partial charge in [-0.15, -0.1) is 0 Å². The fourth-order valence-electron chi connectivity index (χ4n) is 2.35. The van der Waals surface area contributed by atoms with E-state index >= 15 is 0 Å². The third-order valence-corrected chi connectivity index (χ3v) is 5.11. The molecule has 2 aromatic carbocycles. The van der Waals surface area contributed by atoms with Crippen molar-refractivity contribution in [3.05, 3.63) is 42.7 Å². The van der Waals surface area contributed by atoms with Crippen LogP contribution in [0.25, 0.3) is 10.8 Å². The van der Waals surface area contributed by atoms with Crippen molar-refractivity contribution in [2.24, 2.45) is 0 Å². The molecule has 0 saturated carbocycles. The second-order valence-corrected chi connectivity index (χ2v) is 7.72. The molecule has 0 radical (unpaired) electrons. The molecule has 13 heteroatoms. The summed E-state index contributed by atoms with van der Waals surface area (Å²) in [7, 11) is -9.45. The first kappa shape index (κ1) is 18.1. The SMILES string of the molecule is O=S(=O)(O)c1ccc(Nc2ncnc(F)n2)c2c(S(=O)(=O)O)cccc12. The van der Waals surface area contributed by atoms with Gasteiger partial charge < -0.3 is 5.32 Å². The number of rotatable bonds is 4. The van der Waals surface area contributed by atoms with E-state index in [2.05, 4.69) is 20.3 Å². The van der Waals surface area contributed by atoms with E-state index in [1.807, 2.05) is 0 Å². The molecular formula is C13H9FN4O6S2. The van der Waals surface area contributed by atoms with Gasteiger partial charge in [-0.3, -0.25) is 9.11 Å². The Morgan fingerprint density at radius 1 is 0.923 bits per heavy atom. The van der Waals surface area contributed by atoms with Crippen LogP contribution >= 0.6 is 0 Å². The Balaban J connectivity index is 2.37. The third-order valence-electron chi connectivity index (χ3n) is 3.31.